The number of ketones is 1. The van der Waals surface area contributed by atoms with E-state index in [0.29, 0.717) is 10.5 Å². The number of nitrogens with zero attached hydrogens (tertiary/aromatic N) is 1. The van der Waals surface area contributed by atoms with E-state index in [0.717, 1.165) is 31.4 Å². The van der Waals surface area contributed by atoms with Gasteiger partial charge < -0.3 is 4.90 Å². The number of hydrogen-bond acceptors (Lipinski definition) is 3. The second-order valence-corrected chi connectivity index (χ2v) is 6.85. The van der Waals surface area contributed by atoms with Crippen molar-refractivity contribution in [3.05, 3.63) is 23.8 Å². The number of benzene rings is 1. The number of anilines is 1. The number of Topliss-reactive ketones (excluding diaryl/α,β-unsaturated/α-hetero) is 1. The number of carbonyl (C=O) groups excluding carboxylic acids is 2. The molecule has 0 N–H and O–H groups in total. The van der Waals surface area contributed by atoms with Crippen LogP contribution in [0.25, 0.3) is 0 Å². The van der Waals surface area contributed by atoms with Gasteiger partial charge in [-0.1, -0.05) is 12.8 Å². The molecule has 4 nitrogen and oxygen atoms in total. The van der Waals surface area contributed by atoms with Crippen LogP contribution in [0.15, 0.2) is 23.1 Å². The van der Waals surface area contributed by atoms with E-state index >= 15 is 0 Å². The van der Waals surface area contributed by atoms with Gasteiger partial charge in [-0.25, -0.2) is 0 Å². The van der Waals surface area contributed by atoms with E-state index in [9.17, 15) is 13.8 Å². The third-order valence-corrected chi connectivity index (χ3v) is 5.41. The Kier molecular flexibility index (Phi) is 3.46. The fourth-order valence-electron chi connectivity index (χ4n) is 3.07. The molecule has 1 unspecified atom stereocenters. The molecule has 0 radical (unpaired) electrons. The summed E-state index contributed by atoms with van der Waals surface area (Å²) < 4.78 is 12.2. The van der Waals surface area contributed by atoms with Crippen LogP contribution in [0, 0.1) is 0 Å². The Labute approximate surface area is 120 Å². The van der Waals surface area contributed by atoms with Crippen LogP contribution in [-0.2, 0) is 15.6 Å². The van der Waals surface area contributed by atoms with Crippen molar-refractivity contribution in [3.63, 3.8) is 0 Å². The molecule has 5 heteroatoms. The third-order valence-electron chi connectivity index (χ3n) is 4.08. The van der Waals surface area contributed by atoms with Crippen LogP contribution in [0.1, 0.15) is 43.0 Å². The average molecular weight is 291 g/mol. The molecule has 0 saturated heterocycles. The highest BCUT2D eigenvalue weighted by Gasteiger charge is 2.35. The lowest BCUT2D eigenvalue weighted by Crippen LogP contribution is -2.44. The van der Waals surface area contributed by atoms with Gasteiger partial charge in [-0.05, 0) is 38.0 Å². The molecule has 20 heavy (non-hydrogen) atoms. The predicted molar refractivity (Wildman–Crippen MR) is 77.5 cm³/mol. The van der Waals surface area contributed by atoms with Gasteiger partial charge in [0.1, 0.15) is 5.75 Å². The van der Waals surface area contributed by atoms with Crippen LogP contribution in [0.3, 0.4) is 0 Å². The molecule has 1 heterocycles. The summed E-state index contributed by atoms with van der Waals surface area (Å²) >= 11 is 0. The molecule has 0 spiro atoms. The van der Waals surface area contributed by atoms with Crippen molar-refractivity contribution in [2.75, 3.05) is 10.7 Å². The highest BCUT2D eigenvalue weighted by Crippen LogP contribution is 2.35. The lowest BCUT2D eigenvalue weighted by molar-refractivity contribution is -0.116. The van der Waals surface area contributed by atoms with Crippen LogP contribution in [-0.4, -0.2) is 27.7 Å². The molecular weight excluding hydrogens is 274 g/mol. The Hall–Kier alpha value is -1.49. The fourth-order valence-corrected chi connectivity index (χ4v) is 4.25. The maximum absolute atomic E-state index is 12.2. The quantitative estimate of drug-likeness (QED) is 0.786. The van der Waals surface area contributed by atoms with Gasteiger partial charge in [-0.15, -0.1) is 0 Å². The largest absolute Gasteiger partial charge is 0.307 e. The maximum atomic E-state index is 12.2. The fraction of sp³-hybridized carbons (Fsp3) is 0.467. The Morgan fingerprint density at radius 1 is 1.30 bits per heavy atom. The second-order valence-electron chi connectivity index (χ2n) is 5.43. The molecule has 1 fully saturated rings. The molecule has 1 amide bonds. The first-order valence-electron chi connectivity index (χ1n) is 6.93. The van der Waals surface area contributed by atoms with Crippen molar-refractivity contribution in [3.8, 4) is 0 Å². The normalized spacial score (nSPS) is 22.9. The van der Waals surface area contributed by atoms with Gasteiger partial charge in [0, 0.05) is 11.6 Å². The van der Waals surface area contributed by atoms with Gasteiger partial charge in [0.15, 0.2) is 5.78 Å². The number of fused-ring (bicyclic) bond motifs is 1. The van der Waals surface area contributed by atoms with E-state index in [4.69, 9.17) is 0 Å². The molecular formula is C15H17NO3S. The van der Waals surface area contributed by atoms with E-state index in [1.165, 1.54) is 6.92 Å². The van der Waals surface area contributed by atoms with Gasteiger partial charge in [0.2, 0.25) is 5.91 Å². The van der Waals surface area contributed by atoms with E-state index in [2.05, 4.69) is 0 Å². The second kappa shape index (κ2) is 5.13. The molecule has 1 atom stereocenters. The average Bonchev–Trinajstić information content (AvgIpc) is 2.92. The third kappa shape index (κ3) is 2.20. The zero-order valence-corrected chi connectivity index (χ0v) is 12.2. The van der Waals surface area contributed by atoms with Crippen molar-refractivity contribution in [2.24, 2.45) is 0 Å². The zero-order chi connectivity index (χ0) is 14.3. The highest BCUT2D eigenvalue weighted by atomic mass is 32.2. The molecule has 1 saturated carbocycles. The minimum Gasteiger partial charge on any atom is -0.307 e. The van der Waals surface area contributed by atoms with E-state index in [-0.39, 0.29) is 23.5 Å². The van der Waals surface area contributed by atoms with Crippen molar-refractivity contribution < 1.29 is 13.8 Å². The molecule has 3 rings (SSSR count). The first-order chi connectivity index (χ1) is 9.58. The lowest BCUT2D eigenvalue weighted by atomic mass is 10.1. The van der Waals surface area contributed by atoms with Gasteiger partial charge in [0.05, 0.1) is 21.4 Å². The summed E-state index contributed by atoms with van der Waals surface area (Å²) in [4.78, 5) is 26.1. The van der Waals surface area contributed by atoms with Crippen LogP contribution in [0.2, 0.25) is 0 Å². The standard InChI is InChI=1S/C15H17NO3S/c1-10(17)11-6-7-13-14(8-11)20(19)9-15(18)16(13)12-4-2-3-5-12/h6-8,12H,2-5,9H2,1H3. The first kappa shape index (κ1) is 13.5. The van der Waals surface area contributed by atoms with Crippen molar-refractivity contribution in [2.45, 2.75) is 43.5 Å². The van der Waals surface area contributed by atoms with Crippen molar-refractivity contribution in [1.29, 1.82) is 0 Å². The molecule has 1 aliphatic heterocycles. The van der Waals surface area contributed by atoms with Crippen LogP contribution < -0.4 is 4.90 Å². The minimum absolute atomic E-state index is 0.0326. The highest BCUT2D eigenvalue weighted by molar-refractivity contribution is 7.86. The number of hydrogen-bond donors (Lipinski definition) is 0. The smallest absolute Gasteiger partial charge is 0.240 e. The summed E-state index contributed by atoms with van der Waals surface area (Å²) in [5.41, 5.74) is 1.29. The molecule has 0 bridgehead atoms. The van der Waals surface area contributed by atoms with Gasteiger partial charge in [-0.3, -0.25) is 13.8 Å². The lowest BCUT2D eigenvalue weighted by Gasteiger charge is -2.33. The van der Waals surface area contributed by atoms with E-state index in [1.807, 2.05) is 4.90 Å². The summed E-state index contributed by atoms with van der Waals surface area (Å²) in [5.74, 6) is -0.0716. The Morgan fingerprint density at radius 3 is 2.65 bits per heavy atom. The Morgan fingerprint density at radius 2 is 2.00 bits per heavy atom. The molecule has 106 valence electrons. The molecule has 1 aromatic carbocycles. The van der Waals surface area contributed by atoms with Crippen LogP contribution in [0.4, 0.5) is 5.69 Å². The SMILES string of the molecule is CC(=O)c1ccc2c(c1)S(=O)CC(=O)N2C1CCCC1. The maximum Gasteiger partial charge on any atom is 0.240 e. The summed E-state index contributed by atoms with van der Waals surface area (Å²) in [7, 11) is -1.34. The molecule has 2 aliphatic rings. The molecule has 1 aliphatic carbocycles. The summed E-state index contributed by atoms with van der Waals surface area (Å²) in [5, 5.41) is 0. The monoisotopic (exact) mass is 291 g/mol. The van der Waals surface area contributed by atoms with Crippen molar-refractivity contribution in [1.82, 2.24) is 0 Å². The predicted octanol–water partition coefficient (Wildman–Crippen LogP) is 2.29. The van der Waals surface area contributed by atoms with Gasteiger partial charge in [0.25, 0.3) is 0 Å². The van der Waals surface area contributed by atoms with Crippen LogP contribution in [0.5, 0.6) is 0 Å². The van der Waals surface area contributed by atoms with Crippen molar-refractivity contribution >= 4 is 28.2 Å². The number of rotatable bonds is 2. The molecule has 1 aromatic rings. The van der Waals surface area contributed by atoms with E-state index in [1.54, 1.807) is 18.2 Å². The number of carbonyl (C=O) groups is 2. The first-order valence-corrected chi connectivity index (χ1v) is 8.25. The topological polar surface area (TPSA) is 54.5 Å². The van der Waals surface area contributed by atoms with Crippen LogP contribution >= 0.6 is 0 Å². The minimum atomic E-state index is -1.34. The summed E-state index contributed by atoms with van der Waals surface area (Å²) in [6.07, 6.45) is 4.29. The Bertz CT molecular complexity index is 605. The zero-order valence-electron chi connectivity index (χ0n) is 11.4. The molecule has 0 aromatic heterocycles. The van der Waals surface area contributed by atoms with E-state index < -0.39 is 10.8 Å². The Balaban J connectivity index is 2.07. The summed E-state index contributed by atoms with van der Waals surface area (Å²) in [6, 6.07) is 5.40. The number of amides is 1. The summed E-state index contributed by atoms with van der Waals surface area (Å²) in [6.45, 7) is 1.49. The van der Waals surface area contributed by atoms with Gasteiger partial charge in [-0.2, -0.15) is 0 Å². The van der Waals surface area contributed by atoms with Gasteiger partial charge >= 0.3 is 0 Å².